The van der Waals surface area contributed by atoms with Crippen LogP contribution in [0.4, 0.5) is 0 Å². The van der Waals surface area contributed by atoms with Crippen LogP contribution in [0.15, 0.2) is 0 Å². The lowest BCUT2D eigenvalue weighted by atomic mass is 9.66. The molecule has 0 atom stereocenters. The van der Waals surface area contributed by atoms with Crippen LogP contribution in [0.3, 0.4) is 0 Å². The van der Waals surface area contributed by atoms with E-state index < -0.39 is 0 Å². The van der Waals surface area contributed by atoms with Crippen LogP contribution in [-0.2, 0) is 9.47 Å². The normalized spacial score (nSPS) is 24.0. The highest BCUT2D eigenvalue weighted by molar-refractivity contribution is 5.85. The Kier molecular flexibility index (Phi) is 3.97. The molecule has 4 heteroatoms. The molecule has 0 radical (unpaired) electrons. The first-order valence-electron chi connectivity index (χ1n) is 3.90. The van der Waals surface area contributed by atoms with E-state index >= 15 is 0 Å². The number of hydrogen-bond donors (Lipinski definition) is 1. The van der Waals surface area contributed by atoms with Crippen molar-refractivity contribution >= 4 is 12.4 Å². The molecule has 1 aliphatic carbocycles. The summed E-state index contributed by atoms with van der Waals surface area (Å²) >= 11 is 0. The Bertz CT molecular complexity index is 140. The van der Waals surface area contributed by atoms with Gasteiger partial charge in [-0.05, 0) is 12.0 Å². The molecular weight excluding hydrogens is 178 g/mol. The number of hydrogen-bond acceptors (Lipinski definition) is 3. The van der Waals surface area contributed by atoms with Crippen molar-refractivity contribution in [3.8, 4) is 0 Å². The molecule has 0 aliphatic heterocycles. The lowest BCUT2D eigenvalue weighted by molar-refractivity contribution is -0.291. The van der Waals surface area contributed by atoms with Gasteiger partial charge in [0.25, 0.3) is 0 Å². The Morgan fingerprint density at radius 2 is 1.67 bits per heavy atom. The molecule has 0 bridgehead atoms. The zero-order valence-corrected chi connectivity index (χ0v) is 8.74. The molecule has 74 valence electrons. The molecule has 0 aromatic carbocycles. The van der Waals surface area contributed by atoms with Gasteiger partial charge in [-0.2, -0.15) is 0 Å². The second kappa shape index (κ2) is 3.92. The van der Waals surface area contributed by atoms with E-state index in [0.29, 0.717) is 6.54 Å². The van der Waals surface area contributed by atoms with Gasteiger partial charge < -0.3 is 15.2 Å². The lowest BCUT2D eigenvalue weighted by Gasteiger charge is -2.51. The van der Waals surface area contributed by atoms with Crippen molar-refractivity contribution in [2.75, 3.05) is 20.8 Å². The summed E-state index contributed by atoms with van der Waals surface area (Å²) in [6, 6.07) is 0. The Labute approximate surface area is 80.0 Å². The van der Waals surface area contributed by atoms with Crippen molar-refractivity contribution in [3.05, 3.63) is 0 Å². The Morgan fingerprint density at radius 1 is 1.25 bits per heavy atom. The molecule has 0 spiro atoms. The van der Waals surface area contributed by atoms with Crippen molar-refractivity contribution < 1.29 is 9.47 Å². The highest BCUT2D eigenvalue weighted by Crippen LogP contribution is 2.49. The largest absolute Gasteiger partial charge is 0.353 e. The first kappa shape index (κ1) is 12.2. The van der Waals surface area contributed by atoms with Crippen molar-refractivity contribution in [2.24, 2.45) is 11.1 Å². The quantitative estimate of drug-likeness (QED) is 0.688. The van der Waals surface area contributed by atoms with E-state index in [0.717, 1.165) is 12.8 Å². The fourth-order valence-electron chi connectivity index (χ4n) is 1.77. The Hall–Kier alpha value is 0.170. The third-order valence-corrected chi connectivity index (χ3v) is 2.63. The lowest BCUT2D eigenvalue weighted by Crippen LogP contribution is -2.55. The fraction of sp³-hybridized carbons (Fsp3) is 1.00. The van der Waals surface area contributed by atoms with Crippen LogP contribution in [0.2, 0.25) is 0 Å². The summed E-state index contributed by atoms with van der Waals surface area (Å²) in [5, 5.41) is 0. The number of halogens is 1. The standard InChI is InChI=1S/C8H17NO2.ClH/c1-7(6-9)4-8(5-7,10-2)11-3;/h4-6,9H2,1-3H3;1H. The molecule has 1 aliphatic rings. The minimum absolute atomic E-state index is 0. The van der Waals surface area contributed by atoms with Crippen LogP contribution in [0.25, 0.3) is 0 Å². The summed E-state index contributed by atoms with van der Waals surface area (Å²) < 4.78 is 10.5. The van der Waals surface area contributed by atoms with Gasteiger partial charge in [-0.25, -0.2) is 0 Å². The van der Waals surface area contributed by atoms with Gasteiger partial charge in [0.05, 0.1) is 0 Å². The molecule has 1 saturated carbocycles. The van der Waals surface area contributed by atoms with E-state index in [-0.39, 0.29) is 23.6 Å². The van der Waals surface area contributed by atoms with Crippen molar-refractivity contribution in [1.82, 2.24) is 0 Å². The molecule has 12 heavy (non-hydrogen) atoms. The van der Waals surface area contributed by atoms with Gasteiger partial charge in [0, 0.05) is 27.1 Å². The van der Waals surface area contributed by atoms with Crippen molar-refractivity contribution in [3.63, 3.8) is 0 Å². The Morgan fingerprint density at radius 3 is 1.92 bits per heavy atom. The van der Waals surface area contributed by atoms with Crippen LogP contribution < -0.4 is 5.73 Å². The monoisotopic (exact) mass is 195 g/mol. The van der Waals surface area contributed by atoms with Crippen LogP contribution in [-0.4, -0.2) is 26.6 Å². The summed E-state index contributed by atoms with van der Waals surface area (Å²) in [4.78, 5) is 0. The topological polar surface area (TPSA) is 44.5 Å². The molecule has 3 nitrogen and oxygen atoms in total. The van der Waals surface area contributed by atoms with Gasteiger partial charge in [0.1, 0.15) is 0 Å². The summed E-state index contributed by atoms with van der Waals surface area (Å²) in [7, 11) is 3.36. The molecule has 0 aromatic heterocycles. The average molecular weight is 196 g/mol. The van der Waals surface area contributed by atoms with E-state index in [4.69, 9.17) is 15.2 Å². The summed E-state index contributed by atoms with van der Waals surface area (Å²) in [5.74, 6) is -0.339. The van der Waals surface area contributed by atoms with Gasteiger partial charge in [0.2, 0.25) is 0 Å². The van der Waals surface area contributed by atoms with Crippen LogP contribution in [0, 0.1) is 5.41 Å². The van der Waals surface area contributed by atoms with Gasteiger partial charge in [0.15, 0.2) is 5.79 Å². The van der Waals surface area contributed by atoms with E-state index in [2.05, 4.69) is 6.92 Å². The van der Waals surface area contributed by atoms with Crippen molar-refractivity contribution in [1.29, 1.82) is 0 Å². The SMILES string of the molecule is COC1(OC)CC(C)(CN)C1.Cl. The van der Waals surface area contributed by atoms with E-state index in [1.54, 1.807) is 14.2 Å². The van der Waals surface area contributed by atoms with E-state index in [1.165, 1.54) is 0 Å². The third-order valence-electron chi connectivity index (χ3n) is 2.63. The van der Waals surface area contributed by atoms with E-state index in [1.807, 2.05) is 0 Å². The maximum absolute atomic E-state index is 5.59. The predicted octanol–water partition coefficient (Wildman–Crippen LogP) is 1.16. The van der Waals surface area contributed by atoms with Crippen LogP contribution in [0.1, 0.15) is 19.8 Å². The second-order valence-electron chi connectivity index (χ2n) is 3.69. The number of rotatable bonds is 3. The molecule has 1 fully saturated rings. The van der Waals surface area contributed by atoms with Crippen molar-refractivity contribution in [2.45, 2.75) is 25.6 Å². The fourth-order valence-corrected chi connectivity index (χ4v) is 1.77. The molecule has 0 heterocycles. The highest BCUT2D eigenvalue weighted by Gasteiger charge is 2.52. The number of nitrogens with two attached hydrogens (primary N) is 1. The maximum atomic E-state index is 5.59. The summed E-state index contributed by atoms with van der Waals surface area (Å²) in [5.41, 5.74) is 5.82. The second-order valence-corrected chi connectivity index (χ2v) is 3.69. The molecular formula is C8H18ClNO2. The zero-order valence-electron chi connectivity index (χ0n) is 7.92. The summed E-state index contributed by atoms with van der Waals surface area (Å²) in [6.07, 6.45) is 1.81. The number of methoxy groups -OCH3 is 2. The first-order valence-corrected chi connectivity index (χ1v) is 3.90. The molecule has 0 saturated heterocycles. The first-order chi connectivity index (χ1) is 5.10. The van der Waals surface area contributed by atoms with E-state index in [9.17, 15) is 0 Å². The maximum Gasteiger partial charge on any atom is 0.168 e. The minimum Gasteiger partial charge on any atom is -0.353 e. The smallest absolute Gasteiger partial charge is 0.168 e. The Balaban J connectivity index is 0.00000121. The molecule has 0 aromatic rings. The minimum atomic E-state index is -0.339. The zero-order chi connectivity index (χ0) is 8.54. The third kappa shape index (κ3) is 1.91. The number of ether oxygens (including phenoxy) is 2. The predicted molar refractivity (Wildman–Crippen MR) is 50.4 cm³/mol. The molecule has 0 amide bonds. The molecule has 2 N–H and O–H groups in total. The van der Waals surface area contributed by atoms with Crippen LogP contribution in [0.5, 0.6) is 0 Å². The average Bonchev–Trinajstić information content (AvgIpc) is 1.98. The summed E-state index contributed by atoms with van der Waals surface area (Å²) in [6.45, 7) is 2.87. The van der Waals surface area contributed by atoms with Gasteiger partial charge in [-0.3, -0.25) is 0 Å². The molecule has 0 unspecified atom stereocenters. The van der Waals surface area contributed by atoms with Crippen LogP contribution >= 0.6 is 12.4 Å². The van der Waals surface area contributed by atoms with Gasteiger partial charge in [-0.1, -0.05) is 6.92 Å². The van der Waals surface area contributed by atoms with Gasteiger partial charge >= 0.3 is 0 Å². The highest BCUT2D eigenvalue weighted by atomic mass is 35.5. The molecule has 1 rings (SSSR count). The van der Waals surface area contributed by atoms with Gasteiger partial charge in [-0.15, -0.1) is 12.4 Å².